The highest BCUT2D eigenvalue weighted by Crippen LogP contribution is 2.41. The van der Waals surface area contributed by atoms with Crippen LogP contribution in [0.3, 0.4) is 0 Å². The number of halogens is 2. The molecule has 164 valence electrons. The molecule has 3 aromatic carbocycles. The van der Waals surface area contributed by atoms with E-state index in [1.165, 1.54) is 0 Å². The molecule has 0 saturated carbocycles. The summed E-state index contributed by atoms with van der Waals surface area (Å²) in [6, 6.07) is 17.8. The van der Waals surface area contributed by atoms with Gasteiger partial charge in [-0.05, 0) is 53.6 Å². The van der Waals surface area contributed by atoms with Gasteiger partial charge in [0.15, 0.2) is 16.9 Å². The number of hydrogen-bond donors (Lipinski definition) is 0. The molecule has 1 aromatic heterocycles. The fourth-order valence-corrected chi connectivity index (χ4v) is 5.19. The molecule has 1 unspecified atom stereocenters. The first-order chi connectivity index (χ1) is 16.0. The number of hydrogen-bond acceptors (Lipinski definition) is 5. The highest BCUT2D eigenvalue weighted by Gasteiger charge is 2.42. The van der Waals surface area contributed by atoms with Crippen LogP contribution in [-0.2, 0) is 6.54 Å². The van der Waals surface area contributed by atoms with Crippen molar-refractivity contribution in [2.75, 3.05) is 6.79 Å². The Morgan fingerprint density at radius 3 is 2.58 bits per heavy atom. The quantitative estimate of drug-likeness (QED) is 0.313. The topological polar surface area (TPSA) is 69.0 Å². The monoisotopic (exact) mass is 567 g/mol. The van der Waals surface area contributed by atoms with Crippen molar-refractivity contribution >= 4 is 48.7 Å². The third kappa shape index (κ3) is 3.36. The van der Waals surface area contributed by atoms with E-state index < -0.39 is 6.04 Å². The molecule has 1 atom stereocenters. The molecule has 8 heteroatoms. The van der Waals surface area contributed by atoms with Crippen LogP contribution in [0, 0.1) is 0 Å². The van der Waals surface area contributed by atoms with Gasteiger partial charge in [-0.2, -0.15) is 0 Å². The molecule has 0 N–H and O–H groups in total. The maximum Gasteiger partial charge on any atom is 0.291 e. The van der Waals surface area contributed by atoms with Crippen LogP contribution in [0.2, 0.25) is 0 Å². The van der Waals surface area contributed by atoms with Gasteiger partial charge in [0, 0.05) is 15.5 Å². The minimum absolute atomic E-state index is 0.0838. The minimum Gasteiger partial charge on any atom is -0.454 e. The van der Waals surface area contributed by atoms with Gasteiger partial charge in [0.1, 0.15) is 5.58 Å². The molecule has 2 aliphatic heterocycles. The van der Waals surface area contributed by atoms with E-state index in [9.17, 15) is 9.59 Å². The van der Waals surface area contributed by atoms with Gasteiger partial charge < -0.3 is 18.8 Å². The number of carbonyl (C=O) groups excluding carboxylic acids is 1. The zero-order chi connectivity index (χ0) is 22.7. The van der Waals surface area contributed by atoms with Crippen molar-refractivity contribution in [3.63, 3.8) is 0 Å². The van der Waals surface area contributed by atoms with Crippen molar-refractivity contribution in [2.24, 2.45) is 0 Å². The number of rotatable bonds is 3. The highest BCUT2D eigenvalue weighted by atomic mass is 79.9. The minimum atomic E-state index is -0.588. The SMILES string of the molecule is O=C1c2oc3ccc(Br)cc3c(=O)c2C(c2cccc(Br)c2)N1Cc1ccc2c(c1)OCO2. The van der Waals surface area contributed by atoms with Crippen LogP contribution in [0.15, 0.2) is 78.8 Å². The molecular weight excluding hydrogens is 554 g/mol. The van der Waals surface area contributed by atoms with Gasteiger partial charge in [-0.1, -0.05) is 50.1 Å². The molecule has 1 amide bonds. The van der Waals surface area contributed by atoms with E-state index in [0.717, 1.165) is 20.1 Å². The number of amides is 1. The van der Waals surface area contributed by atoms with Crippen molar-refractivity contribution in [1.82, 2.24) is 4.90 Å². The summed E-state index contributed by atoms with van der Waals surface area (Å²) in [4.78, 5) is 28.9. The van der Waals surface area contributed by atoms with Crippen LogP contribution in [0.25, 0.3) is 11.0 Å². The number of benzene rings is 3. The molecule has 3 heterocycles. The fourth-order valence-electron chi connectivity index (χ4n) is 4.41. The second kappa shape index (κ2) is 7.74. The lowest BCUT2D eigenvalue weighted by atomic mass is 9.98. The molecule has 6 rings (SSSR count). The molecule has 0 radical (unpaired) electrons. The van der Waals surface area contributed by atoms with Crippen LogP contribution in [0.1, 0.15) is 33.3 Å². The molecular formula is C25H15Br2NO5. The average molecular weight is 569 g/mol. The normalized spacial score (nSPS) is 16.5. The van der Waals surface area contributed by atoms with Gasteiger partial charge in [-0.15, -0.1) is 0 Å². The zero-order valence-corrected chi connectivity index (χ0v) is 20.2. The average Bonchev–Trinajstić information content (AvgIpc) is 3.37. The van der Waals surface area contributed by atoms with Crippen LogP contribution in [0.4, 0.5) is 0 Å². The van der Waals surface area contributed by atoms with E-state index in [1.807, 2.05) is 42.5 Å². The smallest absolute Gasteiger partial charge is 0.291 e. The van der Waals surface area contributed by atoms with Crippen LogP contribution < -0.4 is 14.9 Å². The van der Waals surface area contributed by atoms with E-state index in [4.69, 9.17) is 13.9 Å². The predicted molar refractivity (Wildman–Crippen MR) is 129 cm³/mol. The third-order valence-electron chi connectivity index (χ3n) is 5.88. The van der Waals surface area contributed by atoms with Crippen LogP contribution in [-0.4, -0.2) is 17.6 Å². The lowest BCUT2D eigenvalue weighted by Crippen LogP contribution is -2.29. The number of ether oxygens (including phenoxy) is 2. The maximum atomic E-state index is 13.6. The number of nitrogens with zero attached hydrogens (tertiary/aromatic N) is 1. The molecule has 0 saturated heterocycles. The van der Waals surface area contributed by atoms with Gasteiger partial charge in [0.25, 0.3) is 5.91 Å². The second-order valence-electron chi connectivity index (χ2n) is 7.89. The molecule has 0 aliphatic carbocycles. The molecule has 0 bridgehead atoms. The summed E-state index contributed by atoms with van der Waals surface area (Å²) >= 11 is 6.93. The van der Waals surface area contributed by atoms with Gasteiger partial charge >= 0.3 is 0 Å². The summed E-state index contributed by atoms with van der Waals surface area (Å²) in [6.45, 7) is 0.449. The third-order valence-corrected chi connectivity index (χ3v) is 6.87. The highest BCUT2D eigenvalue weighted by molar-refractivity contribution is 9.10. The molecule has 0 spiro atoms. The predicted octanol–water partition coefficient (Wildman–Crippen LogP) is 5.79. The summed E-state index contributed by atoms with van der Waals surface area (Å²) in [7, 11) is 0. The van der Waals surface area contributed by atoms with Crippen molar-refractivity contribution in [1.29, 1.82) is 0 Å². The van der Waals surface area contributed by atoms with Crippen LogP contribution in [0.5, 0.6) is 11.5 Å². The largest absolute Gasteiger partial charge is 0.454 e. The van der Waals surface area contributed by atoms with Crippen molar-refractivity contribution in [3.05, 3.63) is 102 Å². The Morgan fingerprint density at radius 2 is 1.73 bits per heavy atom. The summed E-state index contributed by atoms with van der Waals surface area (Å²) in [5.74, 6) is 1.07. The lowest BCUT2D eigenvalue weighted by molar-refractivity contribution is 0.0714. The Labute approximate surface area is 205 Å². The lowest BCUT2D eigenvalue weighted by Gasteiger charge is -2.25. The summed E-state index contributed by atoms with van der Waals surface area (Å²) in [5.41, 5.74) is 2.20. The molecule has 0 fully saturated rings. The summed E-state index contributed by atoms with van der Waals surface area (Å²) in [6.07, 6.45) is 0. The molecule has 2 aliphatic rings. The van der Waals surface area contributed by atoms with Gasteiger partial charge in [-0.3, -0.25) is 9.59 Å². The standard InChI is InChI=1S/C25H15Br2NO5/c26-15-3-1-2-14(9-15)22-21-23(29)17-10-16(27)5-7-18(17)33-24(21)25(30)28(22)11-13-4-6-19-20(8-13)32-12-31-19/h1-10,22H,11-12H2. The van der Waals surface area contributed by atoms with E-state index in [0.29, 0.717) is 28.0 Å². The van der Waals surface area contributed by atoms with E-state index in [2.05, 4.69) is 31.9 Å². The van der Waals surface area contributed by atoms with E-state index >= 15 is 0 Å². The number of fused-ring (bicyclic) bond motifs is 3. The zero-order valence-electron chi connectivity index (χ0n) is 17.0. The van der Waals surface area contributed by atoms with E-state index in [-0.39, 0.29) is 30.4 Å². The molecule has 33 heavy (non-hydrogen) atoms. The fraction of sp³-hybridized carbons (Fsp3) is 0.120. The molecule has 4 aromatic rings. The first-order valence-electron chi connectivity index (χ1n) is 10.2. The Balaban J connectivity index is 1.53. The van der Waals surface area contributed by atoms with Crippen molar-refractivity contribution < 1.29 is 18.7 Å². The first kappa shape index (κ1) is 20.5. The first-order valence-corrected chi connectivity index (χ1v) is 11.8. The van der Waals surface area contributed by atoms with Crippen molar-refractivity contribution in [2.45, 2.75) is 12.6 Å². The number of carbonyl (C=O) groups is 1. The summed E-state index contributed by atoms with van der Waals surface area (Å²) < 4.78 is 18.5. The summed E-state index contributed by atoms with van der Waals surface area (Å²) in [5, 5.41) is 0.431. The Kier molecular flexibility index (Phi) is 4.81. The Hall–Kier alpha value is -3.10. The van der Waals surface area contributed by atoms with Gasteiger partial charge in [-0.25, -0.2) is 0 Å². The Bertz CT molecular complexity index is 1510. The second-order valence-corrected chi connectivity index (χ2v) is 9.72. The Morgan fingerprint density at radius 1 is 0.909 bits per heavy atom. The van der Waals surface area contributed by atoms with Gasteiger partial charge in [0.2, 0.25) is 12.6 Å². The van der Waals surface area contributed by atoms with Crippen LogP contribution >= 0.6 is 31.9 Å². The van der Waals surface area contributed by atoms with E-state index in [1.54, 1.807) is 23.1 Å². The molecule has 6 nitrogen and oxygen atoms in total. The maximum absolute atomic E-state index is 13.6. The van der Waals surface area contributed by atoms with Crippen molar-refractivity contribution in [3.8, 4) is 11.5 Å². The van der Waals surface area contributed by atoms with Gasteiger partial charge in [0.05, 0.1) is 17.0 Å².